The number of carbonyl (C=O) groups excluding carboxylic acids is 1. The average Bonchev–Trinajstić information content (AvgIpc) is 2.30. The smallest absolute Gasteiger partial charge is 0.234 e. The molecule has 0 bridgehead atoms. The standard InChI is InChI=1S/C13H20N2O3/c1-8(2)11(13(14)17)15-7-9-5-4-6-10(18-3)12(9)16/h4-6,8,11,15-16H,7H2,1-3H3,(H2,14,17). The lowest BCUT2D eigenvalue weighted by atomic mass is 10.0. The lowest BCUT2D eigenvalue weighted by Gasteiger charge is -2.19. The Labute approximate surface area is 107 Å². The van der Waals surface area contributed by atoms with Gasteiger partial charge in [0.25, 0.3) is 0 Å². The van der Waals surface area contributed by atoms with Crippen LogP contribution in [0.5, 0.6) is 11.5 Å². The van der Waals surface area contributed by atoms with E-state index in [1.54, 1.807) is 18.2 Å². The summed E-state index contributed by atoms with van der Waals surface area (Å²) < 4.78 is 5.02. The molecule has 1 atom stereocenters. The molecule has 1 unspecified atom stereocenters. The van der Waals surface area contributed by atoms with Gasteiger partial charge in [0.05, 0.1) is 13.2 Å². The van der Waals surface area contributed by atoms with Crippen molar-refractivity contribution in [3.05, 3.63) is 23.8 Å². The third-order valence-electron chi connectivity index (χ3n) is 2.79. The van der Waals surface area contributed by atoms with Gasteiger partial charge in [-0.15, -0.1) is 0 Å². The molecule has 4 N–H and O–H groups in total. The Bertz CT molecular complexity index is 419. The summed E-state index contributed by atoms with van der Waals surface area (Å²) in [6.45, 7) is 4.18. The molecule has 1 amide bonds. The van der Waals surface area contributed by atoms with E-state index in [0.29, 0.717) is 17.9 Å². The Morgan fingerprint density at radius 3 is 2.67 bits per heavy atom. The highest BCUT2D eigenvalue weighted by atomic mass is 16.5. The molecule has 0 fully saturated rings. The molecule has 0 saturated carbocycles. The SMILES string of the molecule is COc1cccc(CNC(C(N)=O)C(C)C)c1O. The summed E-state index contributed by atoms with van der Waals surface area (Å²) >= 11 is 0. The van der Waals surface area contributed by atoms with Gasteiger partial charge in [-0.25, -0.2) is 0 Å². The fourth-order valence-electron chi connectivity index (χ4n) is 1.76. The second kappa shape index (κ2) is 6.26. The predicted molar refractivity (Wildman–Crippen MR) is 69.3 cm³/mol. The maximum atomic E-state index is 11.2. The molecule has 0 aliphatic rings. The number of nitrogens with two attached hydrogens (primary N) is 1. The highest BCUT2D eigenvalue weighted by Crippen LogP contribution is 2.29. The maximum absolute atomic E-state index is 11.2. The fraction of sp³-hybridized carbons (Fsp3) is 0.462. The number of nitrogens with one attached hydrogen (secondary N) is 1. The molecule has 0 aliphatic heterocycles. The Kier molecular flexibility index (Phi) is 4.97. The number of hydrogen-bond donors (Lipinski definition) is 3. The number of primary amides is 1. The molecule has 0 aromatic heterocycles. The summed E-state index contributed by atoms with van der Waals surface area (Å²) in [5.74, 6) is 0.191. The first-order chi connectivity index (χ1) is 8.47. The van der Waals surface area contributed by atoms with Crippen molar-refractivity contribution in [1.82, 2.24) is 5.32 Å². The summed E-state index contributed by atoms with van der Waals surface area (Å²) in [6, 6.07) is 4.80. The van der Waals surface area contributed by atoms with E-state index >= 15 is 0 Å². The third kappa shape index (κ3) is 3.37. The molecule has 100 valence electrons. The van der Waals surface area contributed by atoms with Crippen LogP contribution in [0.3, 0.4) is 0 Å². The number of ether oxygens (including phenoxy) is 1. The van der Waals surface area contributed by atoms with E-state index in [9.17, 15) is 9.90 Å². The van der Waals surface area contributed by atoms with E-state index in [1.165, 1.54) is 7.11 Å². The second-order valence-electron chi connectivity index (χ2n) is 4.47. The number of methoxy groups -OCH3 is 1. The summed E-state index contributed by atoms with van der Waals surface area (Å²) in [5, 5.41) is 12.9. The van der Waals surface area contributed by atoms with Gasteiger partial charge >= 0.3 is 0 Å². The Morgan fingerprint density at radius 2 is 2.17 bits per heavy atom. The minimum Gasteiger partial charge on any atom is -0.504 e. The molecule has 0 radical (unpaired) electrons. The molecule has 0 saturated heterocycles. The number of amides is 1. The number of aromatic hydroxyl groups is 1. The van der Waals surface area contributed by atoms with Crippen molar-refractivity contribution in [3.8, 4) is 11.5 Å². The zero-order valence-corrected chi connectivity index (χ0v) is 10.9. The van der Waals surface area contributed by atoms with E-state index in [-0.39, 0.29) is 11.7 Å². The van der Waals surface area contributed by atoms with Crippen LogP contribution in [0.4, 0.5) is 0 Å². The molecule has 1 rings (SSSR count). The number of carbonyl (C=O) groups is 1. The molecule has 5 heteroatoms. The van der Waals surface area contributed by atoms with Crippen LogP contribution < -0.4 is 15.8 Å². The first-order valence-electron chi connectivity index (χ1n) is 5.85. The first kappa shape index (κ1) is 14.3. The molecule has 0 heterocycles. The molecule has 1 aromatic rings. The number of rotatable bonds is 6. The first-order valence-corrected chi connectivity index (χ1v) is 5.85. The van der Waals surface area contributed by atoms with Gasteiger partial charge in [0.2, 0.25) is 5.91 Å². The molecular weight excluding hydrogens is 232 g/mol. The zero-order valence-electron chi connectivity index (χ0n) is 10.9. The van der Waals surface area contributed by atoms with Crippen molar-refractivity contribution < 1.29 is 14.6 Å². The minimum atomic E-state index is -0.421. The number of hydrogen-bond acceptors (Lipinski definition) is 4. The number of benzene rings is 1. The number of phenolic OH excluding ortho intramolecular Hbond substituents is 1. The molecule has 5 nitrogen and oxygen atoms in total. The van der Waals surface area contributed by atoms with Gasteiger partial charge < -0.3 is 20.9 Å². The lowest BCUT2D eigenvalue weighted by Crippen LogP contribution is -2.44. The van der Waals surface area contributed by atoms with Crippen molar-refractivity contribution in [2.75, 3.05) is 7.11 Å². The normalized spacial score (nSPS) is 12.4. The number of phenols is 1. The zero-order chi connectivity index (χ0) is 13.7. The van der Waals surface area contributed by atoms with E-state index in [0.717, 1.165) is 0 Å². The summed E-state index contributed by atoms with van der Waals surface area (Å²) in [7, 11) is 1.49. The van der Waals surface area contributed by atoms with Crippen LogP contribution >= 0.6 is 0 Å². The van der Waals surface area contributed by atoms with Crippen molar-refractivity contribution >= 4 is 5.91 Å². The van der Waals surface area contributed by atoms with Crippen molar-refractivity contribution in [3.63, 3.8) is 0 Å². The molecule has 18 heavy (non-hydrogen) atoms. The quantitative estimate of drug-likeness (QED) is 0.705. The molecule has 0 aliphatic carbocycles. The van der Waals surface area contributed by atoms with Gasteiger partial charge in [-0.2, -0.15) is 0 Å². The van der Waals surface area contributed by atoms with Crippen molar-refractivity contribution in [2.45, 2.75) is 26.4 Å². The Balaban J connectivity index is 2.76. The average molecular weight is 252 g/mol. The Morgan fingerprint density at radius 1 is 1.50 bits per heavy atom. The summed E-state index contributed by atoms with van der Waals surface area (Å²) in [5.41, 5.74) is 5.98. The van der Waals surface area contributed by atoms with Crippen LogP contribution in [0.1, 0.15) is 19.4 Å². The molecule has 1 aromatic carbocycles. The Hall–Kier alpha value is -1.75. The van der Waals surface area contributed by atoms with Crippen LogP contribution in [0.25, 0.3) is 0 Å². The topological polar surface area (TPSA) is 84.6 Å². The predicted octanol–water partition coefficient (Wildman–Crippen LogP) is 1.00. The van der Waals surface area contributed by atoms with E-state index in [2.05, 4.69) is 5.32 Å². The fourth-order valence-corrected chi connectivity index (χ4v) is 1.76. The maximum Gasteiger partial charge on any atom is 0.234 e. The van der Waals surface area contributed by atoms with Gasteiger partial charge in [0, 0.05) is 12.1 Å². The molecular formula is C13H20N2O3. The van der Waals surface area contributed by atoms with Gasteiger partial charge in [0.15, 0.2) is 11.5 Å². The van der Waals surface area contributed by atoms with Crippen LogP contribution in [-0.2, 0) is 11.3 Å². The van der Waals surface area contributed by atoms with Gasteiger partial charge in [-0.3, -0.25) is 4.79 Å². The van der Waals surface area contributed by atoms with E-state index in [4.69, 9.17) is 10.5 Å². The number of para-hydroxylation sites is 1. The minimum absolute atomic E-state index is 0.0828. The van der Waals surface area contributed by atoms with Crippen LogP contribution in [0.15, 0.2) is 18.2 Å². The van der Waals surface area contributed by atoms with Crippen molar-refractivity contribution in [1.29, 1.82) is 0 Å². The van der Waals surface area contributed by atoms with Gasteiger partial charge in [-0.05, 0) is 12.0 Å². The molecule has 0 spiro atoms. The van der Waals surface area contributed by atoms with E-state index in [1.807, 2.05) is 13.8 Å². The lowest BCUT2D eigenvalue weighted by molar-refractivity contribution is -0.121. The third-order valence-corrected chi connectivity index (χ3v) is 2.79. The van der Waals surface area contributed by atoms with Crippen LogP contribution in [-0.4, -0.2) is 24.2 Å². The largest absolute Gasteiger partial charge is 0.504 e. The summed E-state index contributed by atoms with van der Waals surface area (Å²) in [4.78, 5) is 11.2. The monoisotopic (exact) mass is 252 g/mol. The summed E-state index contributed by atoms with van der Waals surface area (Å²) in [6.07, 6.45) is 0. The highest BCUT2D eigenvalue weighted by Gasteiger charge is 2.19. The van der Waals surface area contributed by atoms with Crippen LogP contribution in [0.2, 0.25) is 0 Å². The van der Waals surface area contributed by atoms with Gasteiger partial charge in [0.1, 0.15) is 0 Å². The second-order valence-corrected chi connectivity index (χ2v) is 4.47. The van der Waals surface area contributed by atoms with Crippen LogP contribution in [0, 0.1) is 5.92 Å². The van der Waals surface area contributed by atoms with Crippen molar-refractivity contribution in [2.24, 2.45) is 11.7 Å². The highest BCUT2D eigenvalue weighted by molar-refractivity contribution is 5.80. The van der Waals surface area contributed by atoms with Gasteiger partial charge in [-0.1, -0.05) is 26.0 Å². The van der Waals surface area contributed by atoms with E-state index < -0.39 is 11.9 Å².